The minimum atomic E-state index is -0.650. The second kappa shape index (κ2) is 4.03. The number of aliphatic hydroxyl groups excluding tert-OH is 1. The van der Waals surface area contributed by atoms with Gasteiger partial charge >= 0.3 is 0 Å². The monoisotopic (exact) mass is 174 g/mol. The van der Waals surface area contributed by atoms with Crippen LogP contribution in [0, 0.1) is 0 Å². The summed E-state index contributed by atoms with van der Waals surface area (Å²) in [7, 11) is 0. The van der Waals surface area contributed by atoms with E-state index in [-0.39, 0.29) is 5.91 Å². The molecule has 1 atom stereocenters. The zero-order valence-electron chi connectivity index (χ0n) is 6.37. The smallest absolute Gasteiger partial charge is 0.267 e. The van der Waals surface area contributed by atoms with Crippen molar-refractivity contribution in [2.24, 2.45) is 0 Å². The van der Waals surface area contributed by atoms with Crippen molar-refractivity contribution in [3.05, 3.63) is 0 Å². The molecule has 6 nitrogen and oxygen atoms in total. The Bertz CT molecular complexity index is 190. The molecule has 0 radical (unpaired) electrons. The molecule has 1 rings (SSSR count). The van der Waals surface area contributed by atoms with Crippen molar-refractivity contribution in [2.75, 3.05) is 13.2 Å². The van der Waals surface area contributed by atoms with Gasteiger partial charge in [-0.3, -0.25) is 20.4 Å². The molecule has 12 heavy (non-hydrogen) atoms. The number of nitrogens with one attached hydrogen (secondary N) is 2. The van der Waals surface area contributed by atoms with Gasteiger partial charge in [0.15, 0.2) is 0 Å². The lowest BCUT2D eigenvalue weighted by molar-refractivity contribution is -0.147. The first kappa shape index (κ1) is 8.95. The highest BCUT2D eigenvalue weighted by atomic mass is 16.5. The van der Waals surface area contributed by atoms with E-state index in [9.17, 15) is 9.59 Å². The fraction of sp³-hybridized carbons (Fsp3) is 0.667. The van der Waals surface area contributed by atoms with Crippen LogP contribution in [0.4, 0.5) is 0 Å². The van der Waals surface area contributed by atoms with Gasteiger partial charge in [-0.15, -0.1) is 0 Å². The molecule has 1 heterocycles. The predicted octanol–water partition coefficient (Wildman–Crippen LogP) is -2.08. The lowest BCUT2D eigenvalue weighted by atomic mass is 10.2. The summed E-state index contributed by atoms with van der Waals surface area (Å²) in [4.78, 5) is 21.3. The van der Waals surface area contributed by atoms with Crippen molar-refractivity contribution in [1.29, 1.82) is 0 Å². The van der Waals surface area contributed by atoms with Crippen molar-refractivity contribution in [1.82, 2.24) is 10.9 Å². The second-order valence-corrected chi connectivity index (χ2v) is 2.34. The number of rotatable bonds is 2. The fourth-order valence-corrected chi connectivity index (χ4v) is 0.694. The van der Waals surface area contributed by atoms with Gasteiger partial charge in [0.05, 0.1) is 6.61 Å². The summed E-state index contributed by atoms with van der Waals surface area (Å²) in [6, 6.07) is 0. The number of hydrazine groups is 1. The summed E-state index contributed by atoms with van der Waals surface area (Å²) >= 11 is 0. The lowest BCUT2D eigenvalue weighted by Crippen LogP contribution is -2.50. The van der Waals surface area contributed by atoms with Crippen LogP contribution in [0.25, 0.3) is 0 Å². The average molecular weight is 174 g/mol. The van der Waals surface area contributed by atoms with Gasteiger partial charge in [0, 0.05) is 6.42 Å². The minimum absolute atomic E-state index is 0.386. The van der Waals surface area contributed by atoms with Gasteiger partial charge in [-0.1, -0.05) is 0 Å². The number of ether oxygens (including phenoxy) is 1. The third-order valence-corrected chi connectivity index (χ3v) is 1.46. The zero-order valence-corrected chi connectivity index (χ0v) is 6.37. The molecule has 0 aromatic carbocycles. The number of aliphatic hydroxyl groups is 1. The van der Waals surface area contributed by atoms with E-state index >= 15 is 0 Å². The van der Waals surface area contributed by atoms with E-state index in [1.807, 2.05) is 5.43 Å². The molecule has 1 saturated heterocycles. The Morgan fingerprint density at radius 1 is 1.50 bits per heavy atom. The Balaban J connectivity index is 2.13. The molecule has 0 bridgehead atoms. The highest BCUT2D eigenvalue weighted by Gasteiger charge is 2.26. The Morgan fingerprint density at radius 2 is 2.17 bits per heavy atom. The maximum absolute atomic E-state index is 10.9. The van der Waals surface area contributed by atoms with Crippen LogP contribution >= 0.6 is 0 Å². The van der Waals surface area contributed by atoms with Crippen molar-refractivity contribution >= 4 is 11.8 Å². The Labute approximate surface area is 68.9 Å². The number of amides is 2. The predicted molar refractivity (Wildman–Crippen MR) is 37.7 cm³/mol. The Morgan fingerprint density at radius 3 is 2.58 bits per heavy atom. The van der Waals surface area contributed by atoms with Crippen LogP contribution in [-0.4, -0.2) is 36.2 Å². The van der Waals surface area contributed by atoms with Crippen LogP contribution in [-0.2, 0) is 14.3 Å². The molecule has 1 aliphatic heterocycles. The van der Waals surface area contributed by atoms with Crippen LogP contribution < -0.4 is 10.9 Å². The molecule has 0 aliphatic carbocycles. The van der Waals surface area contributed by atoms with E-state index in [2.05, 4.69) is 5.43 Å². The van der Waals surface area contributed by atoms with E-state index in [0.29, 0.717) is 13.0 Å². The molecular weight excluding hydrogens is 164 g/mol. The normalized spacial score (nSPS) is 20.9. The van der Waals surface area contributed by atoms with Gasteiger partial charge in [-0.25, -0.2) is 0 Å². The maximum atomic E-state index is 10.9. The van der Waals surface area contributed by atoms with E-state index in [4.69, 9.17) is 9.84 Å². The Kier molecular flexibility index (Phi) is 3.01. The van der Waals surface area contributed by atoms with E-state index < -0.39 is 18.6 Å². The van der Waals surface area contributed by atoms with Gasteiger partial charge in [-0.2, -0.15) is 0 Å². The van der Waals surface area contributed by atoms with Gasteiger partial charge < -0.3 is 9.84 Å². The molecule has 1 aliphatic rings. The standard InChI is InChI=1S/C6H10N2O4/c9-3-5(10)7-8-6(11)4-1-2-12-4/h4,9H,1-3H2,(H,7,10)(H,8,11). The quantitative estimate of drug-likeness (QED) is 0.419. The minimum Gasteiger partial charge on any atom is -0.386 e. The van der Waals surface area contributed by atoms with Crippen LogP contribution in [0.3, 0.4) is 0 Å². The van der Waals surface area contributed by atoms with Crippen molar-refractivity contribution < 1.29 is 19.4 Å². The number of carbonyl (C=O) groups is 2. The first-order valence-electron chi connectivity index (χ1n) is 3.55. The van der Waals surface area contributed by atoms with Crippen LogP contribution in [0.2, 0.25) is 0 Å². The van der Waals surface area contributed by atoms with E-state index in [1.165, 1.54) is 0 Å². The third kappa shape index (κ3) is 2.18. The molecule has 0 saturated carbocycles. The summed E-state index contributed by atoms with van der Waals surface area (Å²) in [5.41, 5.74) is 4.12. The lowest BCUT2D eigenvalue weighted by Gasteiger charge is -2.24. The van der Waals surface area contributed by atoms with Crippen LogP contribution in [0.5, 0.6) is 0 Å². The first-order valence-corrected chi connectivity index (χ1v) is 3.55. The second-order valence-electron chi connectivity index (χ2n) is 2.34. The number of hydrogen-bond acceptors (Lipinski definition) is 4. The summed E-state index contributed by atoms with van der Waals surface area (Å²) in [6.45, 7) is -0.0716. The summed E-state index contributed by atoms with van der Waals surface area (Å²) in [6.07, 6.45) is 0.213. The zero-order chi connectivity index (χ0) is 8.97. The highest BCUT2D eigenvalue weighted by Crippen LogP contribution is 2.09. The molecule has 1 unspecified atom stereocenters. The number of hydrogen-bond donors (Lipinski definition) is 3. The molecule has 2 amide bonds. The maximum Gasteiger partial charge on any atom is 0.267 e. The molecule has 3 N–H and O–H groups in total. The molecule has 6 heteroatoms. The molecule has 0 aromatic heterocycles. The van der Waals surface area contributed by atoms with Gasteiger partial charge in [-0.05, 0) is 0 Å². The largest absolute Gasteiger partial charge is 0.386 e. The topological polar surface area (TPSA) is 87.7 Å². The SMILES string of the molecule is O=C(CO)NNC(=O)C1CCO1. The van der Waals surface area contributed by atoms with Crippen molar-refractivity contribution in [2.45, 2.75) is 12.5 Å². The third-order valence-electron chi connectivity index (χ3n) is 1.46. The Hall–Kier alpha value is -1.14. The van der Waals surface area contributed by atoms with Crippen LogP contribution in [0.1, 0.15) is 6.42 Å². The fourth-order valence-electron chi connectivity index (χ4n) is 0.694. The van der Waals surface area contributed by atoms with Crippen molar-refractivity contribution in [3.63, 3.8) is 0 Å². The molecular formula is C6H10N2O4. The van der Waals surface area contributed by atoms with E-state index in [1.54, 1.807) is 0 Å². The molecule has 68 valence electrons. The first-order chi connectivity index (χ1) is 5.74. The van der Waals surface area contributed by atoms with E-state index in [0.717, 1.165) is 0 Å². The van der Waals surface area contributed by atoms with Gasteiger partial charge in [0.1, 0.15) is 12.7 Å². The summed E-state index contributed by atoms with van der Waals surface area (Å²) in [5, 5.41) is 8.26. The van der Waals surface area contributed by atoms with Gasteiger partial charge in [0.25, 0.3) is 11.8 Å². The average Bonchev–Trinajstić information content (AvgIpc) is 1.97. The van der Waals surface area contributed by atoms with Crippen LogP contribution in [0.15, 0.2) is 0 Å². The molecule has 1 fully saturated rings. The summed E-state index contributed by atoms with van der Waals surface area (Å²) < 4.78 is 4.83. The van der Waals surface area contributed by atoms with Crippen molar-refractivity contribution in [3.8, 4) is 0 Å². The number of carbonyl (C=O) groups excluding carboxylic acids is 2. The van der Waals surface area contributed by atoms with Gasteiger partial charge in [0.2, 0.25) is 0 Å². The summed E-state index contributed by atoms with van der Waals surface area (Å²) in [5.74, 6) is -1.04. The molecule has 0 aromatic rings. The molecule has 0 spiro atoms. The highest BCUT2D eigenvalue weighted by molar-refractivity contribution is 5.85.